The van der Waals surface area contributed by atoms with E-state index in [1.165, 1.54) is 43.0 Å². The van der Waals surface area contributed by atoms with Crippen LogP contribution in [0.2, 0.25) is 0 Å². The molecule has 5 nitrogen and oxygen atoms in total. The number of halogens is 9. The van der Waals surface area contributed by atoms with Crippen molar-refractivity contribution in [3.05, 3.63) is 101 Å². The Morgan fingerprint density at radius 2 is 1.44 bits per heavy atom. The van der Waals surface area contributed by atoms with Gasteiger partial charge in [-0.15, -0.1) is 11.8 Å². The number of carbonyl (C=O) groups is 2. The lowest BCUT2D eigenvalue weighted by atomic mass is 9.88. The lowest BCUT2D eigenvalue weighted by Gasteiger charge is -2.38. The Morgan fingerprint density at radius 3 is 1.98 bits per heavy atom. The van der Waals surface area contributed by atoms with Crippen LogP contribution in [0.5, 0.6) is 0 Å². The SMILES string of the molecule is CC(=O)N1CCC(C(=O)NC2CCC(Sc3ccc(F)cc3)(c3ccc(C(OCc4c(F)cccc4F)(C(F)(F)F)C(F)(F)F)cc3)C2)CC1. The van der Waals surface area contributed by atoms with E-state index in [1.54, 1.807) is 4.90 Å². The highest BCUT2D eigenvalue weighted by Crippen LogP contribution is 2.56. The Kier molecular flexibility index (Phi) is 10.9. The smallest absolute Gasteiger partial charge is 0.353 e. The van der Waals surface area contributed by atoms with Crippen LogP contribution in [0.25, 0.3) is 0 Å². The zero-order valence-corrected chi connectivity index (χ0v) is 27.5. The summed E-state index contributed by atoms with van der Waals surface area (Å²) < 4.78 is 133. The fraction of sp³-hybridized carbons (Fsp3) is 0.429. The van der Waals surface area contributed by atoms with E-state index in [0.717, 1.165) is 18.2 Å². The number of hydrogen-bond acceptors (Lipinski definition) is 4. The fourth-order valence-electron chi connectivity index (χ4n) is 6.64. The number of hydrogen-bond donors (Lipinski definition) is 1. The first kappa shape index (κ1) is 37.5. The normalized spacial score (nSPS) is 20.6. The van der Waals surface area contributed by atoms with E-state index in [0.29, 0.717) is 73.5 Å². The number of alkyl halides is 6. The molecular weight excluding hydrogens is 699 g/mol. The third kappa shape index (κ3) is 7.63. The fourth-order valence-corrected chi connectivity index (χ4v) is 8.13. The van der Waals surface area contributed by atoms with Crippen LogP contribution in [0, 0.1) is 23.4 Å². The first-order valence-corrected chi connectivity index (χ1v) is 16.6. The van der Waals surface area contributed by atoms with E-state index >= 15 is 0 Å². The summed E-state index contributed by atoms with van der Waals surface area (Å²) in [6.45, 7) is 0.658. The van der Waals surface area contributed by atoms with Gasteiger partial charge >= 0.3 is 12.4 Å². The molecule has 0 spiro atoms. The molecule has 2 fully saturated rings. The number of ether oxygens (including phenoxy) is 1. The number of rotatable bonds is 9. The summed E-state index contributed by atoms with van der Waals surface area (Å²) in [7, 11) is 0. The van der Waals surface area contributed by atoms with Crippen LogP contribution in [0.3, 0.4) is 0 Å². The number of likely N-dealkylation sites (tertiary alicyclic amines) is 1. The number of amides is 2. The summed E-state index contributed by atoms with van der Waals surface area (Å²) in [5.41, 5.74) is -7.03. The molecule has 3 aromatic rings. The number of nitrogens with zero attached hydrogens (tertiary/aromatic N) is 1. The second kappa shape index (κ2) is 14.5. The molecule has 2 amide bonds. The summed E-state index contributed by atoms with van der Waals surface area (Å²) >= 11 is 1.24. The highest BCUT2D eigenvalue weighted by atomic mass is 32.2. The molecule has 1 aliphatic heterocycles. The van der Waals surface area contributed by atoms with Gasteiger partial charge in [0.2, 0.25) is 11.8 Å². The van der Waals surface area contributed by atoms with E-state index in [2.05, 4.69) is 10.1 Å². The Hall–Kier alpha value is -3.72. The van der Waals surface area contributed by atoms with E-state index in [9.17, 15) is 49.1 Å². The largest absolute Gasteiger partial charge is 0.430 e. The van der Waals surface area contributed by atoms with Gasteiger partial charge in [0.05, 0.1) is 6.61 Å². The quantitative estimate of drug-likeness (QED) is 0.224. The van der Waals surface area contributed by atoms with Crippen molar-refractivity contribution in [3.8, 4) is 0 Å². The third-order valence-electron chi connectivity index (χ3n) is 9.37. The van der Waals surface area contributed by atoms with Gasteiger partial charge in [0.1, 0.15) is 17.5 Å². The van der Waals surface area contributed by atoms with Gasteiger partial charge in [-0.1, -0.05) is 30.3 Å². The predicted molar refractivity (Wildman–Crippen MR) is 166 cm³/mol. The second-order valence-corrected chi connectivity index (χ2v) is 14.0. The van der Waals surface area contributed by atoms with Crippen molar-refractivity contribution in [2.45, 2.75) is 79.3 Å². The monoisotopic (exact) mass is 732 g/mol. The van der Waals surface area contributed by atoms with Gasteiger partial charge in [-0.05, 0) is 74.1 Å². The van der Waals surface area contributed by atoms with E-state index in [-0.39, 0.29) is 24.2 Å². The molecular formula is C35H33F9N2O3S. The van der Waals surface area contributed by atoms with Gasteiger partial charge in [-0.25, -0.2) is 13.2 Å². The molecule has 2 atom stereocenters. The maximum Gasteiger partial charge on any atom is 0.430 e. The Morgan fingerprint density at radius 1 is 0.860 bits per heavy atom. The third-order valence-corrected chi connectivity index (χ3v) is 10.9. The number of benzene rings is 3. The molecule has 2 aliphatic rings. The lowest BCUT2D eigenvalue weighted by Crippen LogP contribution is -2.56. The molecule has 3 aromatic carbocycles. The zero-order chi connectivity index (χ0) is 36.5. The number of nitrogens with one attached hydrogen (secondary N) is 1. The van der Waals surface area contributed by atoms with Crippen LogP contribution in [0.1, 0.15) is 55.7 Å². The molecule has 1 saturated heterocycles. The van der Waals surface area contributed by atoms with Gasteiger partial charge in [0.25, 0.3) is 5.60 Å². The van der Waals surface area contributed by atoms with Crippen molar-refractivity contribution in [1.29, 1.82) is 0 Å². The first-order valence-electron chi connectivity index (χ1n) is 15.8. The van der Waals surface area contributed by atoms with Crippen LogP contribution in [0.15, 0.2) is 71.6 Å². The first-order chi connectivity index (χ1) is 23.5. The van der Waals surface area contributed by atoms with Gasteiger partial charge < -0.3 is 15.0 Å². The molecule has 1 heterocycles. The van der Waals surface area contributed by atoms with Gasteiger partial charge in [0, 0.05) is 52.7 Å². The maximum absolute atomic E-state index is 14.5. The Bertz CT molecular complexity index is 1640. The topological polar surface area (TPSA) is 58.6 Å². The maximum atomic E-state index is 14.5. The predicted octanol–water partition coefficient (Wildman–Crippen LogP) is 8.56. The molecule has 270 valence electrons. The summed E-state index contributed by atoms with van der Waals surface area (Å²) in [4.78, 5) is 27.1. The summed E-state index contributed by atoms with van der Waals surface area (Å²) in [5, 5.41) is 3.03. The lowest BCUT2D eigenvalue weighted by molar-refractivity contribution is -0.392. The van der Waals surface area contributed by atoms with E-state index < -0.39 is 63.9 Å². The van der Waals surface area contributed by atoms with Gasteiger partial charge in [-0.2, -0.15) is 26.3 Å². The second-order valence-electron chi connectivity index (χ2n) is 12.5. The van der Waals surface area contributed by atoms with E-state index in [4.69, 9.17) is 0 Å². The Balaban J connectivity index is 1.45. The molecule has 0 bridgehead atoms. The molecule has 2 unspecified atom stereocenters. The highest BCUT2D eigenvalue weighted by Gasteiger charge is 2.73. The number of thioether (sulfide) groups is 1. The van der Waals surface area contributed by atoms with Crippen molar-refractivity contribution < 1.29 is 53.8 Å². The van der Waals surface area contributed by atoms with Crippen LogP contribution >= 0.6 is 11.8 Å². The van der Waals surface area contributed by atoms with Crippen LogP contribution in [-0.4, -0.2) is 48.2 Å². The standard InChI is InChI=1S/C35H33F9N2O3S/c1-21(47)46-17-14-22(15-18-46)31(48)45-26-13-16-32(19-26,50-27-11-9-25(36)10-12-27)23-5-7-24(8-6-23)33(34(39,40)41,35(42,43)44)49-20-28-29(37)3-2-4-30(28)38/h2-12,22,26H,13-20H2,1H3,(H,45,48). The van der Waals surface area contributed by atoms with Crippen molar-refractivity contribution in [3.63, 3.8) is 0 Å². The average Bonchev–Trinajstić information content (AvgIpc) is 3.45. The average molecular weight is 733 g/mol. The number of carbonyl (C=O) groups excluding carboxylic acids is 2. The van der Waals surface area contributed by atoms with E-state index in [1.807, 2.05) is 0 Å². The summed E-state index contributed by atoms with van der Waals surface area (Å²) in [5.74, 6) is -3.88. The van der Waals surface area contributed by atoms with Crippen molar-refractivity contribution in [2.75, 3.05) is 13.1 Å². The molecule has 50 heavy (non-hydrogen) atoms. The van der Waals surface area contributed by atoms with Crippen molar-refractivity contribution >= 4 is 23.6 Å². The van der Waals surface area contributed by atoms with Crippen molar-refractivity contribution in [2.24, 2.45) is 5.92 Å². The minimum absolute atomic E-state index is 0.0819. The zero-order valence-electron chi connectivity index (χ0n) is 26.6. The summed E-state index contributed by atoms with van der Waals surface area (Å²) in [6, 6.07) is 10.8. The van der Waals surface area contributed by atoms with Crippen molar-refractivity contribution in [1.82, 2.24) is 10.2 Å². The van der Waals surface area contributed by atoms with Gasteiger partial charge in [0.15, 0.2) is 0 Å². The highest BCUT2D eigenvalue weighted by molar-refractivity contribution is 8.00. The summed E-state index contributed by atoms with van der Waals surface area (Å²) in [6.07, 6.45) is -10.2. The molecule has 5 rings (SSSR count). The minimum atomic E-state index is -6.10. The molecule has 0 aromatic heterocycles. The van der Waals surface area contributed by atoms with Crippen LogP contribution in [0.4, 0.5) is 39.5 Å². The van der Waals surface area contributed by atoms with Crippen LogP contribution in [-0.2, 0) is 31.3 Å². The van der Waals surface area contributed by atoms with Gasteiger partial charge in [-0.3, -0.25) is 9.59 Å². The Labute approximate surface area is 286 Å². The minimum Gasteiger partial charge on any atom is -0.353 e. The molecule has 0 radical (unpaired) electrons. The molecule has 1 aliphatic carbocycles. The number of piperidine rings is 1. The van der Waals surface area contributed by atoms with Crippen LogP contribution < -0.4 is 5.32 Å². The molecule has 1 N–H and O–H groups in total. The molecule has 15 heteroatoms. The molecule has 1 saturated carbocycles.